The van der Waals surface area contributed by atoms with Crippen LogP contribution in [-0.4, -0.2) is 37.0 Å². The van der Waals surface area contributed by atoms with Crippen LogP contribution in [0.15, 0.2) is 0 Å². The van der Waals surface area contributed by atoms with Crippen LogP contribution in [0.3, 0.4) is 0 Å². The molecule has 0 fully saturated rings. The van der Waals surface area contributed by atoms with E-state index in [1.807, 2.05) is 20.8 Å². The summed E-state index contributed by atoms with van der Waals surface area (Å²) in [6.07, 6.45) is 2.26. The first-order valence-corrected chi connectivity index (χ1v) is 7.07. The van der Waals surface area contributed by atoms with Gasteiger partial charge in [-0.3, -0.25) is 9.59 Å². The van der Waals surface area contributed by atoms with Gasteiger partial charge in [0, 0.05) is 6.92 Å². The van der Waals surface area contributed by atoms with Crippen LogP contribution in [0.25, 0.3) is 0 Å². The van der Waals surface area contributed by atoms with E-state index >= 15 is 0 Å². The van der Waals surface area contributed by atoms with E-state index in [4.69, 9.17) is 4.74 Å². The predicted molar refractivity (Wildman–Crippen MR) is 75.9 cm³/mol. The van der Waals surface area contributed by atoms with E-state index in [2.05, 4.69) is 10.6 Å². The van der Waals surface area contributed by atoms with Crippen molar-refractivity contribution in [3.05, 3.63) is 0 Å². The number of unbranched alkanes of at least 4 members (excludes halogenated alkanes) is 1. The molecule has 0 aromatic heterocycles. The Hall–Kier alpha value is -1.59. The van der Waals surface area contributed by atoms with Crippen LogP contribution < -0.4 is 10.6 Å². The Kier molecular flexibility index (Phi) is 9.41. The summed E-state index contributed by atoms with van der Waals surface area (Å²) in [5.74, 6) is -0.840. The molecule has 0 unspecified atom stereocenters. The number of hydrogen-bond donors (Lipinski definition) is 2. The van der Waals surface area contributed by atoms with E-state index < -0.39 is 17.9 Å². The molecule has 1 atom stereocenters. The molecule has 20 heavy (non-hydrogen) atoms. The van der Waals surface area contributed by atoms with E-state index in [9.17, 15) is 14.4 Å². The van der Waals surface area contributed by atoms with Gasteiger partial charge in [-0.05, 0) is 18.8 Å². The minimum absolute atomic E-state index is 0.133. The van der Waals surface area contributed by atoms with Crippen LogP contribution in [0.2, 0.25) is 0 Å². The Bertz CT molecular complexity index is 329. The molecular formula is C14H26N2O4. The highest BCUT2D eigenvalue weighted by molar-refractivity contribution is 5.87. The third-order valence-corrected chi connectivity index (χ3v) is 2.57. The van der Waals surface area contributed by atoms with Crippen molar-refractivity contribution >= 4 is 17.8 Å². The topological polar surface area (TPSA) is 84.5 Å². The molecule has 0 aliphatic heterocycles. The SMILES string of the molecule is CCCCOC(=O)[C@H](CC(C)C)NC(=O)CNC(C)=O. The van der Waals surface area contributed by atoms with Gasteiger partial charge in [0.15, 0.2) is 0 Å². The lowest BCUT2D eigenvalue weighted by Gasteiger charge is -2.19. The largest absolute Gasteiger partial charge is 0.464 e. The van der Waals surface area contributed by atoms with Crippen LogP contribution in [0.1, 0.15) is 47.0 Å². The average molecular weight is 286 g/mol. The van der Waals surface area contributed by atoms with Gasteiger partial charge in [-0.15, -0.1) is 0 Å². The maximum Gasteiger partial charge on any atom is 0.328 e. The molecule has 0 radical (unpaired) electrons. The molecule has 0 spiro atoms. The molecule has 2 amide bonds. The fourth-order valence-corrected chi connectivity index (χ4v) is 1.55. The first kappa shape index (κ1) is 18.4. The highest BCUT2D eigenvalue weighted by Crippen LogP contribution is 2.07. The summed E-state index contributed by atoms with van der Waals surface area (Å²) >= 11 is 0. The second-order valence-electron chi connectivity index (χ2n) is 5.18. The van der Waals surface area contributed by atoms with E-state index in [-0.39, 0.29) is 18.4 Å². The number of hydrogen-bond acceptors (Lipinski definition) is 4. The molecule has 6 nitrogen and oxygen atoms in total. The summed E-state index contributed by atoms with van der Waals surface area (Å²) in [7, 11) is 0. The van der Waals surface area contributed by atoms with Crippen molar-refractivity contribution < 1.29 is 19.1 Å². The molecule has 6 heteroatoms. The Morgan fingerprint density at radius 1 is 1.20 bits per heavy atom. The van der Waals surface area contributed by atoms with Gasteiger partial charge in [0.05, 0.1) is 13.2 Å². The van der Waals surface area contributed by atoms with E-state index in [0.29, 0.717) is 13.0 Å². The minimum atomic E-state index is -0.659. The summed E-state index contributed by atoms with van der Waals surface area (Å²) < 4.78 is 5.13. The molecule has 0 aliphatic rings. The quantitative estimate of drug-likeness (QED) is 0.489. The van der Waals surface area contributed by atoms with Gasteiger partial charge in [-0.1, -0.05) is 27.2 Å². The normalized spacial score (nSPS) is 11.8. The standard InChI is InChI=1S/C14H26N2O4/c1-5-6-7-20-14(19)12(8-10(2)3)16-13(18)9-15-11(4)17/h10,12H,5-9H2,1-4H3,(H,15,17)(H,16,18)/t12-/m0/s1. The van der Waals surface area contributed by atoms with Gasteiger partial charge >= 0.3 is 5.97 Å². The molecular weight excluding hydrogens is 260 g/mol. The van der Waals surface area contributed by atoms with Gasteiger partial charge in [0.2, 0.25) is 11.8 Å². The number of esters is 1. The zero-order chi connectivity index (χ0) is 15.5. The van der Waals surface area contributed by atoms with Crippen LogP contribution in [0, 0.1) is 5.92 Å². The number of ether oxygens (including phenoxy) is 1. The van der Waals surface area contributed by atoms with E-state index in [1.165, 1.54) is 6.92 Å². The highest BCUT2D eigenvalue weighted by atomic mass is 16.5. The highest BCUT2D eigenvalue weighted by Gasteiger charge is 2.23. The van der Waals surface area contributed by atoms with Crippen molar-refractivity contribution in [1.82, 2.24) is 10.6 Å². The monoisotopic (exact) mass is 286 g/mol. The van der Waals surface area contributed by atoms with Gasteiger partial charge in [0.1, 0.15) is 6.04 Å². The van der Waals surface area contributed by atoms with E-state index in [1.54, 1.807) is 0 Å². The van der Waals surface area contributed by atoms with Crippen LogP contribution in [0.5, 0.6) is 0 Å². The summed E-state index contributed by atoms with van der Waals surface area (Å²) in [6.45, 7) is 7.50. The lowest BCUT2D eigenvalue weighted by molar-refractivity contribution is -0.148. The van der Waals surface area contributed by atoms with E-state index in [0.717, 1.165) is 12.8 Å². The fraction of sp³-hybridized carbons (Fsp3) is 0.786. The lowest BCUT2D eigenvalue weighted by Crippen LogP contribution is -2.46. The van der Waals surface area contributed by atoms with Gasteiger partial charge in [-0.25, -0.2) is 4.79 Å². The van der Waals surface area contributed by atoms with Crippen molar-refractivity contribution in [3.8, 4) is 0 Å². The number of rotatable bonds is 9. The summed E-state index contributed by atoms with van der Waals surface area (Å²) in [5, 5.41) is 4.99. The first-order valence-electron chi connectivity index (χ1n) is 7.07. The van der Waals surface area contributed by atoms with Gasteiger partial charge < -0.3 is 15.4 Å². The minimum Gasteiger partial charge on any atom is -0.464 e. The number of amides is 2. The third-order valence-electron chi connectivity index (χ3n) is 2.57. The molecule has 0 aliphatic carbocycles. The van der Waals surface area contributed by atoms with Crippen molar-refractivity contribution in [2.75, 3.05) is 13.2 Å². The number of nitrogens with one attached hydrogen (secondary N) is 2. The van der Waals surface area contributed by atoms with Crippen LogP contribution in [0.4, 0.5) is 0 Å². The molecule has 0 aromatic carbocycles. The lowest BCUT2D eigenvalue weighted by atomic mass is 10.0. The maximum atomic E-state index is 11.9. The Balaban J connectivity index is 4.35. The zero-order valence-corrected chi connectivity index (χ0v) is 12.8. The van der Waals surface area contributed by atoms with Crippen molar-refractivity contribution in [2.45, 2.75) is 53.0 Å². The summed E-state index contributed by atoms with van der Waals surface area (Å²) in [5.41, 5.74) is 0. The average Bonchev–Trinajstić information content (AvgIpc) is 2.35. The molecule has 2 N–H and O–H groups in total. The third kappa shape index (κ3) is 9.35. The molecule has 0 aromatic rings. The Morgan fingerprint density at radius 3 is 2.35 bits per heavy atom. The van der Waals surface area contributed by atoms with Crippen molar-refractivity contribution in [1.29, 1.82) is 0 Å². The molecule has 0 rings (SSSR count). The van der Waals surface area contributed by atoms with Gasteiger partial charge in [0.25, 0.3) is 0 Å². The zero-order valence-electron chi connectivity index (χ0n) is 12.8. The number of carbonyl (C=O) groups excluding carboxylic acids is 3. The Morgan fingerprint density at radius 2 is 1.85 bits per heavy atom. The maximum absolute atomic E-state index is 11.9. The first-order chi connectivity index (χ1) is 9.36. The summed E-state index contributed by atoms with van der Waals surface area (Å²) in [4.78, 5) is 34.3. The Labute approximate surface area is 120 Å². The second-order valence-corrected chi connectivity index (χ2v) is 5.18. The molecule has 0 heterocycles. The molecule has 0 bridgehead atoms. The molecule has 116 valence electrons. The number of carbonyl (C=O) groups is 3. The van der Waals surface area contributed by atoms with Crippen molar-refractivity contribution in [2.24, 2.45) is 5.92 Å². The smallest absolute Gasteiger partial charge is 0.328 e. The van der Waals surface area contributed by atoms with Crippen LogP contribution in [-0.2, 0) is 19.1 Å². The molecule has 0 saturated heterocycles. The van der Waals surface area contributed by atoms with Gasteiger partial charge in [-0.2, -0.15) is 0 Å². The fourth-order valence-electron chi connectivity index (χ4n) is 1.55. The summed E-state index contributed by atoms with van der Waals surface area (Å²) in [6, 6.07) is -0.659. The van der Waals surface area contributed by atoms with Crippen molar-refractivity contribution in [3.63, 3.8) is 0 Å². The van der Waals surface area contributed by atoms with Crippen LogP contribution >= 0.6 is 0 Å². The second kappa shape index (κ2) is 10.2. The predicted octanol–water partition coefficient (Wildman–Crippen LogP) is 0.997. The molecule has 0 saturated carbocycles.